The molecule has 0 aliphatic rings. The zero-order valence-electron chi connectivity index (χ0n) is 10.9. The highest BCUT2D eigenvalue weighted by atomic mass is 16.3. The molecule has 4 N–H and O–H groups in total. The Hall–Kier alpha value is -0.120. The number of hydrogen-bond acceptors (Lipinski definition) is 2. The van der Waals surface area contributed by atoms with E-state index < -0.39 is 0 Å². The molecule has 0 heterocycles. The van der Waals surface area contributed by atoms with E-state index in [0.717, 1.165) is 12.8 Å². The van der Waals surface area contributed by atoms with Crippen molar-refractivity contribution in [2.24, 2.45) is 0 Å². The molecule has 0 atom stereocenters. The molecule has 3 nitrogen and oxygen atoms in total. The molecule has 0 aliphatic carbocycles. The van der Waals surface area contributed by atoms with Crippen molar-refractivity contribution in [2.75, 3.05) is 13.2 Å². The summed E-state index contributed by atoms with van der Waals surface area (Å²) in [7, 11) is 0. The predicted molar refractivity (Wildman–Crippen MR) is 72.4 cm³/mol. The third kappa shape index (κ3) is 554. The molecular weight excluding hydrogens is 192 g/mol. The number of aliphatic hydroxyl groups is 2. The van der Waals surface area contributed by atoms with Gasteiger partial charge in [0.2, 0.25) is 0 Å². The number of rotatable bonds is 2. The Morgan fingerprint density at radius 2 is 0.800 bits per heavy atom. The second kappa shape index (κ2) is 96.7. The molecule has 0 amide bonds. The van der Waals surface area contributed by atoms with Crippen LogP contribution in [-0.4, -0.2) is 28.9 Å². The van der Waals surface area contributed by atoms with E-state index in [0.29, 0.717) is 13.2 Å². The average Bonchev–Trinajstić information content (AvgIpc) is 2.22. The lowest BCUT2D eigenvalue weighted by Gasteiger charge is -1.69. The quantitative estimate of drug-likeness (QED) is 0.762. The maximum Gasteiger partial charge on any atom is 0.0428 e. The van der Waals surface area contributed by atoms with Crippen molar-refractivity contribution in [3.8, 4) is 0 Å². The van der Waals surface area contributed by atoms with E-state index in [9.17, 15) is 0 Å². The molecule has 0 aromatic rings. The van der Waals surface area contributed by atoms with Gasteiger partial charge in [-0.25, -0.2) is 0 Å². The zero-order chi connectivity index (χ0) is 11.5. The summed E-state index contributed by atoms with van der Waals surface area (Å²) >= 11 is 0. The monoisotopic (exact) mass is 228 g/mol. The minimum Gasteiger partial charge on any atom is -0.412 e. The Bertz CT molecular complexity index is 26.0. The Labute approximate surface area is 97.8 Å². The molecule has 0 bridgehead atoms. The molecule has 0 unspecified atom stereocenters. The first kappa shape index (κ1) is 36.4. The lowest BCUT2D eigenvalue weighted by atomic mass is 10.5. The van der Waals surface area contributed by atoms with Crippen molar-refractivity contribution in [3.63, 3.8) is 0 Å². The lowest BCUT2D eigenvalue weighted by molar-refractivity contribution is 0.294. The van der Waals surface area contributed by atoms with Crippen LogP contribution in [-0.2, 0) is 0 Å². The van der Waals surface area contributed by atoms with Gasteiger partial charge in [-0.05, 0) is 12.8 Å². The first-order valence-corrected chi connectivity index (χ1v) is 5.46. The molecule has 0 saturated carbocycles. The van der Waals surface area contributed by atoms with Crippen molar-refractivity contribution in [1.29, 1.82) is 0 Å². The number of aliphatic hydroxyl groups excluding tert-OH is 2. The first-order chi connectivity index (χ1) is 6.24. The number of hydrogen-bond donors (Lipinski definition) is 2. The van der Waals surface area contributed by atoms with E-state index in [1.54, 1.807) is 0 Å². The van der Waals surface area contributed by atoms with Gasteiger partial charge >= 0.3 is 0 Å². The normalized spacial score (nSPS) is 5.60. The van der Waals surface area contributed by atoms with E-state index >= 15 is 0 Å². The average molecular weight is 228 g/mol. The summed E-state index contributed by atoms with van der Waals surface area (Å²) in [6.45, 7) is 12.8. The van der Waals surface area contributed by atoms with Crippen LogP contribution in [0.25, 0.3) is 0 Å². The Morgan fingerprint density at radius 3 is 0.800 bits per heavy atom. The van der Waals surface area contributed by atoms with Crippen molar-refractivity contribution in [3.05, 3.63) is 0 Å². The minimum absolute atomic E-state index is 0. The molecule has 15 heavy (non-hydrogen) atoms. The van der Waals surface area contributed by atoms with Crippen molar-refractivity contribution >= 4 is 0 Å². The summed E-state index contributed by atoms with van der Waals surface area (Å²) in [4.78, 5) is 0. The van der Waals surface area contributed by atoms with Gasteiger partial charge in [0.1, 0.15) is 0 Å². The van der Waals surface area contributed by atoms with Gasteiger partial charge in [0.05, 0.1) is 0 Å². The summed E-state index contributed by atoms with van der Waals surface area (Å²) in [5.74, 6) is 0. The molecular formula is C12H36O3. The summed E-state index contributed by atoms with van der Waals surface area (Å²) in [6.07, 6.45) is 3.00. The molecule has 0 aromatic heterocycles. The van der Waals surface area contributed by atoms with Crippen LogP contribution in [0.1, 0.15) is 68.2 Å². The van der Waals surface area contributed by atoms with Crippen LogP contribution < -0.4 is 0 Å². The van der Waals surface area contributed by atoms with E-state index in [2.05, 4.69) is 13.8 Å². The largest absolute Gasteiger partial charge is 0.412 e. The summed E-state index contributed by atoms with van der Waals surface area (Å²) < 4.78 is 0. The molecule has 0 spiro atoms. The van der Waals surface area contributed by atoms with Crippen LogP contribution >= 0.6 is 0 Å². The third-order valence-electron chi connectivity index (χ3n) is 0.447. The molecule has 0 fully saturated rings. The lowest BCUT2D eigenvalue weighted by Crippen LogP contribution is -1.69. The zero-order valence-corrected chi connectivity index (χ0v) is 10.9. The highest BCUT2D eigenvalue weighted by molar-refractivity contribution is 4.10. The fourth-order valence-electron chi connectivity index (χ4n) is 0. The predicted octanol–water partition coefficient (Wildman–Crippen LogP) is 3.03. The van der Waals surface area contributed by atoms with Crippen LogP contribution in [0.5, 0.6) is 0 Å². The minimum atomic E-state index is 0. The Balaban J connectivity index is -0.0000000178. The smallest absolute Gasteiger partial charge is 0.0428 e. The van der Waals surface area contributed by atoms with Gasteiger partial charge in [-0.15, -0.1) is 0 Å². The highest BCUT2D eigenvalue weighted by Crippen LogP contribution is 1.61. The van der Waals surface area contributed by atoms with Gasteiger partial charge in [0, 0.05) is 13.2 Å². The van der Waals surface area contributed by atoms with E-state index in [1.807, 2.05) is 27.7 Å². The fourth-order valence-corrected chi connectivity index (χ4v) is 0. The SMILES string of the molecule is C.CC.CCC.CCCO.CCCO.O. The van der Waals surface area contributed by atoms with Crippen LogP contribution in [0.2, 0.25) is 0 Å². The maximum absolute atomic E-state index is 7.88. The molecule has 3 heteroatoms. The summed E-state index contributed by atoms with van der Waals surface area (Å²) in [5, 5.41) is 15.8. The van der Waals surface area contributed by atoms with E-state index in [4.69, 9.17) is 10.2 Å². The molecule has 102 valence electrons. The van der Waals surface area contributed by atoms with Crippen molar-refractivity contribution < 1.29 is 15.7 Å². The van der Waals surface area contributed by atoms with E-state index in [-0.39, 0.29) is 12.9 Å². The second-order valence-corrected chi connectivity index (χ2v) is 2.15. The van der Waals surface area contributed by atoms with Gasteiger partial charge in [0.25, 0.3) is 0 Å². The molecule has 0 saturated heterocycles. The Morgan fingerprint density at radius 1 is 0.733 bits per heavy atom. The summed E-state index contributed by atoms with van der Waals surface area (Å²) in [5.41, 5.74) is 0. The van der Waals surface area contributed by atoms with Gasteiger partial charge in [-0.1, -0.05) is 55.4 Å². The van der Waals surface area contributed by atoms with Gasteiger partial charge in [0.15, 0.2) is 0 Å². The molecule has 0 aromatic carbocycles. The van der Waals surface area contributed by atoms with Gasteiger partial charge in [-0.3, -0.25) is 0 Å². The van der Waals surface area contributed by atoms with Gasteiger partial charge in [-0.2, -0.15) is 0 Å². The molecule has 0 rings (SSSR count). The van der Waals surface area contributed by atoms with Crippen molar-refractivity contribution in [1.82, 2.24) is 0 Å². The fraction of sp³-hybridized carbons (Fsp3) is 1.00. The molecule has 0 aliphatic heterocycles. The van der Waals surface area contributed by atoms with Crippen LogP contribution in [0.15, 0.2) is 0 Å². The van der Waals surface area contributed by atoms with Crippen molar-refractivity contribution in [2.45, 2.75) is 68.2 Å². The standard InChI is InChI=1S/2C3H8O.C3H8.C2H6.CH4.H2O/c2*1-2-3-4;1-3-2;1-2;;/h2*4H,2-3H2,1H3;3H2,1-2H3;1-2H3;1H4;1H2. The van der Waals surface area contributed by atoms with Crippen LogP contribution in [0.3, 0.4) is 0 Å². The Kier molecular flexibility index (Phi) is 234. The van der Waals surface area contributed by atoms with Crippen LogP contribution in [0.4, 0.5) is 0 Å². The second-order valence-electron chi connectivity index (χ2n) is 2.15. The van der Waals surface area contributed by atoms with Crippen LogP contribution in [0, 0.1) is 0 Å². The summed E-state index contributed by atoms with van der Waals surface area (Å²) in [6, 6.07) is 0. The van der Waals surface area contributed by atoms with Gasteiger partial charge < -0.3 is 15.7 Å². The molecule has 0 radical (unpaired) electrons. The van der Waals surface area contributed by atoms with E-state index in [1.165, 1.54) is 6.42 Å². The topological polar surface area (TPSA) is 72.0 Å². The first-order valence-electron chi connectivity index (χ1n) is 5.46. The third-order valence-corrected chi connectivity index (χ3v) is 0.447. The highest BCUT2D eigenvalue weighted by Gasteiger charge is 1.57. The maximum atomic E-state index is 7.88.